The molecule has 0 aliphatic carbocycles. The maximum Gasteiger partial charge on any atom is 0.133 e. The molecule has 2 nitrogen and oxygen atoms in total. The monoisotopic (exact) mass is 230 g/mol. The van der Waals surface area contributed by atoms with Crippen molar-refractivity contribution in [3.8, 4) is 0 Å². The van der Waals surface area contributed by atoms with Gasteiger partial charge in [0.25, 0.3) is 0 Å². The minimum absolute atomic E-state index is 0. The lowest BCUT2D eigenvalue weighted by Gasteiger charge is -2.06. The van der Waals surface area contributed by atoms with E-state index in [0.717, 1.165) is 0 Å². The highest BCUT2D eigenvalue weighted by atomic mass is 35.5. The molecule has 0 aliphatic rings. The van der Waals surface area contributed by atoms with Crippen LogP contribution in [0.3, 0.4) is 0 Å². The maximum absolute atomic E-state index is 13.3. The average Bonchev–Trinajstić information content (AvgIpc) is 2.16. The van der Waals surface area contributed by atoms with E-state index >= 15 is 0 Å². The second kappa shape index (κ2) is 3.90. The number of hydrogen-bond acceptors (Lipinski definition) is 2. The van der Waals surface area contributed by atoms with Crippen LogP contribution in [0.25, 0.3) is 10.8 Å². The molecular formula is C10H9ClF2N2. The van der Waals surface area contributed by atoms with Gasteiger partial charge in [-0.3, -0.25) is 0 Å². The highest BCUT2D eigenvalue weighted by molar-refractivity contribution is 6.00. The van der Waals surface area contributed by atoms with Crippen molar-refractivity contribution in [2.24, 2.45) is 0 Å². The zero-order valence-electron chi connectivity index (χ0n) is 7.63. The molecule has 0 saturated heterocycles. The summed E-state index contributed by atoms with van der Waals surface area (Å²) >= 11 is 0. The third kappa shape index (κ3) is 1.68. The minimum Gasteiger partial charge on any atom is -0.398 e. The minimum atomic E-state index is -0.564. The Bertz CT molecular complexity index is 425. The van der Waals surface area contributed by atoms with Crippen molar-refractivity contribution in [1.29, 1.82) is 0 Å². The van der Waals surface area contributed by atoms with Crippen LogP contribution in [0.15, 0.2) is 24.3 Å². The van der Waals surface area contributed by atoms with Crippen LogP contribution >= 0.6 is 12.4 Å². The highest BCUT2D eigenvalue weighted by Crippen LogP contribution is 2.30. The molecular weight excluding hydrogens is 222 g/mol. The van der Waals surface area contributed by atoms with Gasteiger partial charge in [-0.2, -0.15) is 0 Å². The molecule has 0 heterocycles. The van der Waals surface area contributed by atoms with Gasteiger partial charge in [-0.25, -0.2) is 8.78 Å². The third-order valence-electron chi connectivity index (χ3n) is 2.12. The molecule has 0 spiro atoms. The van der Waals surface area contributed by atoms with Crippen LogP contribution in [-0.4, -0.2) is 0 Å². The van der Waals surface area contributed by atoms with Crippen molar-refractivity contribution in [3.63, 3.8) is 0 Å². The van der Waals surface area contributed by atoms with Gasteiger partial charge in [-0.15, -0.1) is 12.4 Å². The maximum atomic E-state index is 13.3. The Morgan fingerprint density at radius 3 is 1.40 bits per heavy atom. The van der Waals surface area contributed by atoms with E-state index in [1.807, 2.05) is 0 Å². The summed E-state index contributed by atoms with van der Waals surface area (Å²) in [6.07, 6.45) is 0. The quantitative estimate of drug-likeness (QED) is 0.684. The molecule has 4 N–H and O–H groups in total. The van der Waals surface area contributed by atoms with Gasteiger partial charge in [-0.05, 0) is 24.3 Å². The number of nitrogen functional groups attached to an aromatic ring is 2. The van der Waals surface area contributed by atoms with Crippen LogP contribution in [0.4, 0.5) is 20.2 Å². The number of nitrogens with two attached hydrogens (primary N) is 2. The third-order valence-corrected chi connectivity index (χ3v) is 2.12. The molecule has 2 aromatic carbocycles. The Labute approximate surface area is 91.3 Å². The number of fused-ring (bicyclic) bond motifs is 1. The Hall–Kier alpha value is -1.55. The molecule has 0 radical (unpaired) electrons. The molecule has 2 rings (SSSR count). The van der Waals surface area contributed by atoms with Crippen LogP contribution < -0.4 is 11.5 Å². The average molecular weight is 231 g/mol. The SMILES string of the molecule is Cl.Nc1ccc(F)c2c(N)ccc(F)c12. The van der Waals surface area contributed by atoms with Gasteiger partial charge in [0.05, 0.1) is 0 Å². The fourth-order valence-corrected chi connectivity index (χ4v) is 1.46. The van der Waals surface area contributed by atoms with Crippen molar-refractivity contribution < 1.29 is 8.78 Å². The summed E-state index contributed by atoms with van der Waals surface area (Å²) in [5.74, 6) is -1.13. The van der Waals surface area contributed by atoms with Crippen molar-refractivity contribution in [1.82, 2.24) is 0 Å². The number of rotatable bonds is 0. The fraction of sp³-hybridized carbons (Fsp3) is 0. The summed E-state index contributed by atoms with van der Waals surface area (Å²) in [5.41, 5.74) is 11.4. The zero-order chi connectivity index (χ0) is 10.3. The van der Waals surface area contributed by atoms with Gasteiger partial charge in [0.15, 0.2) is 0 Å². The molecule has 0 aromatic heterocycles. The topological polar surface area (TPSA) is 52.0 Å². The first-order valence-corrected chi connectivity index (χ1v) is 4.03. The molecule has 0 unspecified atom stereocenters. The summed E-state index contributed by atoms with van der Waals surface area (Å²) in [5, 5.41) is 0.0926. The lowest BCUT2D eigenvalue weighted by Crippen LogP contribution is -1.96. The van der Waals surface area contributed by atoms with Crippen molar-refractivity contribution in [2.45, 2.75) is 0 Å². The van der Waals surface area contributed by atoms with E-state index in [4.69, 9.17) is 11.5 Å². The molecule has 0 bridgehead atoms. The van der Waals surface area contributed by atoms with E-state index in [-0.39, 0.29) is 34.6 Å². The predicted molar refractivity (Wildman–Crippen MR) is 59.9 cm³/mol. The van der Waals surface area contributed by atoms with Crippen molar-refractivity contribution >= 4 is 34.6 Å². The lowest BCUT2D eigenvalue weighted by molar-refractivity contribution is 0.629. The first-order valence-electron chi connectivity index (χ1n) is 4.03. The largest absolute Gasteiger partial charge is 0.398 e. The van der Waals surface area contributed by atoms with Gasteiger partial charge in [0.1, 0.15) is 11.6 Å². The van der Waals surface area contributed by atoms with Gasteiger partial charge in [0.2, 0.25) is 0 Å². The summed E-state index contributed by atoms with van der Waals surface area (Å²) in [6, 6.07) is 4.99. The second-order valence-electron chi connectivity index (χ2n) is 3.02. The standard InChI is InChI=1S/C10H8F2N2.ClH/c11-5-1-3-7(13)10-6(12)2-4-8(14)9(5)10;/h1-4H,13-14H2;1H. The van der Waals surface area contributed by atoms with Crippen molar-refractivity contribution in [2.75, 3.05) is 11.5 Å². The van der Waals surface area contributed by atoms with E-state index < -0.39 is 11.6 Å². The smallest absolute Gasteiger partial charge is 0.133 e. The van der Waals surface area contributed by atoms with E-state index in [2.05, 4.69) is 0 Å². The molecule has 80 valence electrons. The van der Waals surface area contributed by atoms with Crippen LogP contribution in [-0.2, 0) is 0 Å². The Morgan fingerprint density at radius 2 is 1.07 bits per heavy atom. The summed E-state index contributed by atoms with van der Waals surface area (Å²) in [4.78, 5) is 0. The van der Waals surface area contributed by atoms with Crippen LogP contribution in [0.5, 0.6) is 0 Å². The molecule has 15 heavy (non-hydrogen) atoms. The molecule has 0 aliphatic heterocycles. The van der Waals surface area contributed by atoms with Crippen LogP contribution in [0.1, 0.15) is 0 Å². The number of hydrogen-bond donors (Lipinski definition) is 2. The highest BCUT2D eigenvalue weighted by Gasteiger charge is 2.11. The van der Waals surface area contributed by atoms with Gasteiger partial charge >= 0.3 is 0 Å². The first kappa shape index (κ1) is 11.5. The second-order valence-corrected chi connectivity index (χ2v) is 3.02. The number of anilines is 2. The van der Waals surface area contributed by atoms with Gasteiger partial charge in [0, 0.05) is 22.1 Å². The Morgan fingerprint density at radius 1 is 0.733 bits per heavy atom. The van der Waals surface area contributed by atoms with E-state index in [9.17, 15) is 8.78 Å². The predicted octanol–water partition coefficient (Wildman–Crippen LogP) is 2.70. The number of benzene rings is 2. The molecule has 2 aromatic rings. The van der Waals surface area contributed by atoms with E-state index in [0.29, 0.717) is 0 Å². The van der Waals surface area contributed by atoms with Crippen LogP contribution in [0.2, 0.25) is 0 Å². The molecule has 5 heteroatoms. The zero-order valence-corrected chi connectivity index (χ0v) is 8.44. The fourth-order valence-electron chi connectivity index (χ4n) is 1.46. The molecule has 0 amide bonds. The van der Waals surface area contributed by atoms with E-state index in [1.54, 1.807) is 0 Å². The molecule has 0 atom stereocenters. The normalized spacial score (nSPS) is 10.0. The lowest BCUT2D eigenvalue weighted by atomic mass is 10.1. The molecule has 0 fully saturated rings. The van der Waals surface area contributed by atoms with Crippen molar-refractivity contribution in [3.05, 3.63) is 35.9 Å². The molecule has 0 saturated carbocycles. The number of halogens is 3. The van der Waals surface area contributed by atoms with Crippen LogP contribution in [0, 0.1) is 11.6 Å². The summed E-state index contributed by atoms with van der Waals surface area (Å²) in [6.45, 7) is 0. The van der Waals surface area contributed by atoms with Gasteiger partial charge in [-0.1, -0.05) is 0 Å². The summed E-state index contributed by atoms with van der Waals surface area (Å²) in [7, 11) is 0. The first-order chi connectivity index (χ1) is 6.61. The summed E-state index contributed by atoms with van der Waals surface area (Å²) < 4.78 is 26.6. The Kier molecular flexibility index (Phi) is 3.00. The Balaban J connectivity index is 0.00000112. The van der Waals surface area contributed by atoms with E-state index in [1.165, 1.54) is 24.3 Å². The van der Waals surface area contributed by atoms with Gasteiger partial charge < -0.3 is 11.5 Å².